The Morgan fingerprint density at radius 2 is 2.20 bits per heavy atom. The molecule has 0 aliphatic rings. The third-order valence-corrected chi connectivity index (χ3v) is 2.65. The van der Waals surface area contributed by atoms with Crippen LogP contribution < -0.4 is 10.1 Å². The average molecular weight is 297 g/mol. The van der Waals surface area contributed by atoms with Crippen LogP contribution in [0.2, 0.25) is 5.02 Å². The Balaban J connectivity index is 2.22. The van der Waals surface area contributed by atoms with Crippen molar-refractivity contribution < 1.29 is 9.53 Å². The minimum Gasteiger partial charge on any atom is -0.466 e. The maximum atomic E-state index is 12.1. The van der Waals surface area contributed by atoms with Gasteiger partial charge in [-0.05, 0) is 0 Å². The summed E-state index contributed by atoms with van der Waals surface area (Å²) >= 11 is 5.94. The van der Waals surface area contributed by atoms with Crippen LogP contribution in [0.1, 0.15) is 36.1 Å². The number of H-pyrrole nitrogens is 1. The van der Waals surface area contributed by atoms with Crippen molar-refractivity contribution >= 4 is 23.5 Å². The number of ether oxygens (including phenoxy) is 1. The molecule has 2 rings (SSSR count). The van der Waals surface area contributed by atoms with Gasteiger partial charge in [-0.2, -0.15) is 4.98 Å². The molecule has 1 amide bonds. The van der Waals surface area contributed by atoms with Crippen molar-refractivity contribution in [3.05, 3.63) is 22.7 Å². The van der Waals surface area contributed by atoms with Crippen LogP contribution in [-0.2, 0) is 0 Å². The molecule has 0 aliphatic heterocycles. The first-order valence-electron chi connectivity index (χ1n) is 5.81. The maximum Gasteiger partial charge on any atom is 0.336 e. The second kappa shape index (κ2) is 5.83. The number of hydrogen-bond donors (Lipinski definition) is 2. The number of aromatic amines is 1. The monoisotopic (exact) mass is 296 g/mol. The zero-order valence-electron chi connectivity index (χ0n) is 11.1. The smallest absolute Gasteiger partial charge is 0.336 e. The summed E-state index contributed by atoms with van der Waals surface area (Å²) in [4.78, 5) is 24.2. The number of halogens is 1. The predicted octanol–water partition coefficient (Wildman–Crippen LogP) is 1.63. The lowest BCUT2D eigenvalue weighted by Gasteiger charge is -2.07. The number of rotatable bonds is 4. The Bertz CT molecular complexity index is 627. The molecule has 2 N–H and O–H groups in total. The van der Waals surface area contributed by atoms with Crippen LogP contribution in [-0.4, -0.2) is 38.2 Å². The molecule has 2 aromatic rings. The van der Waals surface area contributed by atoms with Gasteiger partial charge in [0, 0.05) is 5.92 Å². The first kappa shape index (κ1) is 14.2. The van der Waals surface area contributed by atoms with E-state index in [0.717, 1.165) is 0 Å². The SMILES string of the molecule is COc1n[nH]c(NC(=O)c2nc(C(C)C)ncc2Cl)n1. The molecule has 0 aromatic carbocycles. The molecule has 2 heterocycles. The fourth-order valence-electron chi connectivity index (χ4n) is 1.38. The van der Waals surface area contributed by atoms with Crippen molar-refractivity contribution in [2.24, 2.45) is 0 Å². The van der Waals surface area contributed by atoms with E-state index in [1.54, 1.807) is 0 Å². The van der Waals surface area contributed by atoms with Crippen molar-refractivity contribution in [3.63, 3.8) is 0 Å². The molecule has 0 radical (unpaired) electrons. The van der Waals surface area contributed by atoms with Crippen LogP contribution >= 0.6 is 11.6 Å². The lowest BCUT2D eigenvalue weighted by Crippen LogP contribution is -2.17. The summed E-state index contributed by atoms with van der Waals surface area (Å²) in [6, 6.07) is 0.122. The van der Waals surface area contributed by atoms with E-state index in [1.165, 1.54) is 13.3 Å². The zero-order valence-corrected chi connectivity index (χ0v) is 11.9. The van der Waals surface area contributed by atoms with Crippen molar-refractivity contribution in [2.45, 2.75) is 19.8 Å². The fourth-order valence-corrected chi connectivity index (χ4v) is 1.56. The van der Waals surface area contributed by atoms with E-state index in [4.69, 9.17) is 16.3 Å². The molecular weight excluding hydrogens is 284 g/mol. The summed E-state index contributed by atoms with van der Waals surface area (Å²) in [6.45, 7) is 3.85. The summed E-state index contributed by atoms with van der Waals surface area (Å²) in [5.41, 5.74) is 0.0840. The number of hydrogen-bond acceptors (Lipinski definition) is 6. The third-order valence-electron chi connectivity index (χ3n) is 2.37. The Morgan fingerprint density at radius 1 is 1.45 bits per heavy atom. The van der Waals surface area contributed by atoms with E-state index in [9.17, 15) is 4.79 Å². The highest BCUT2D eigenvalue weighted by atomic mass is 35.5. The summed E-state index contributed by atoms with van der Waals surface area (Å²) < 4.78 is 4.80. The molecule has 0 spiro atoms. The molecule has 0 atom stereocenters. The third kappa shape index (κ3) is 3.02. The van der Waals surface area contributed by atoms with Crippen LogP contribution in [0.15, 0.2) is 6.20 Å². The Kier molecular flexibility index (Phi) is 4.14. The van der Waals surface area contributed by atoms with Gasteiger partial charge in [-0.1, -0.05) is 25.4 Å². The van der Waals surface area contributed by atoms with Crippen molar-refractivity contribution in [3.8, 4) is 6.01 Å². The maximum absolute atomic E-state index is 12.1. The number of nitrogens with one attached hydrogen (secondary N) is 2. The summed E-state index contributed by atoms with van der Waals surface area (Å²) in [7, 11) is 1.42. The minimum absolute atomic E-state index is 0.0840. The van der Waals surface area contributed by atoms with Crippen LogP contribution in [0.4, 0.5) is 5.95 Å². The van der Waals surface area contributed by atoms with Gasteiger partial charge in [0.1, 0.15) is 5.82 Å². The van der Waals surface area contributed by atoms with Gasteiger partial charge in [-0.15, -0.1) is 5.10 Å². The van der Waals surface area contributed by atoms with Crippen molar-refractivity contribution in [2.75, 3.05) is 12.4 Å². The number of carbonyl (C=O) groups is 1. The lowest BCUT2D eigenvalue weighted by atomic mass is 10.2. The number of nitrogens with zero attached hydrogens (tertiary/aromatic N) is 4. The van der Waals surface area contributed by atoms with E-state index in [-0.39, 0.29) is 28.6 Å². The molecule has 0 aliphatic carbocycles. The van der Waals surface area contributed by atoms with Crippen LogP contribution in [0, 0.1) is 0 Å². The van der Waals surface area contributed by atoms with E-state index in [0.29, 0.717) is 5.82 Å². The molecule has 20 heavy (non-hydrogen) atoms. The van der Waals surface area contributed by atoms with Crippen molar-refractivity contribution in [1.29, 1.82) is 0 Å². The van der Waals surface area contributed by atoms with Gasteiger partial charge < -0.3 is 4.74 Å². The first-order valence-corrected chi connectivity index (χ1v) is 6.19. The van der Waals surface area contributed by atoms with E-state index >= 15 is 0 Å². The standard InChI is InChI=1S/C11H13ClN6O2/c1-5(2)8-13-4-6(12)7(14-8)9(19)15-10-16-11(20-3)18-17-10/h4-5H,1-3H3,(H2,15,16,17,18,19). The predicted molar refractivity (Wildman–Crippen MR) is 72.0 cm³/mol. The normalized spacial score (nSPS) is 10.7. The zero-order chi connectivity index (χ0) is 14.7. The van der Waals surface area contributed by atoms with Gasteiger partial charge >= 0.3 is 6.01 Å². The number of amides is 1. The number of methoxy groups -OCH3 is 1. The molecule has 0 bridgehead atoms. The van der Waals surface area contributed by atoms with E-state index in [2.05, 4.69) is 30.5 Å². The molecule has 0 saturated heterocycles. The molecule has 2 aromatic heterocycles. The average Bonchev–Trinajstić information content (AvgIpc) is 2.86. The molecular formula is C11H13ClN6O2. The quantitative estimate of drug-likeness (QED) is 0.888. The molecule has 8 nitrogen and oxygen atoms in total. The summed E-state index contributed by atoms with van der Waals surface area (Å²) in [5.74, 6) is 0.268. The second-order valence-electron chi connectivity index (χ2n) is 4.20. The van der Waals surface area contributed by atoms with Gasteiger partial charge in [0.2, 0.25) is 5.95 Å². The van der Waals surface area contributed by atoms with Gasteiger partial charge in [0.05, 0.1) is 18.3 Å². The highest BCUT2D eigenvalue weighted by Crippen LogP contribution is 2.17. The fraction of sp³-hybridized carbons (Fsp3) is 0.364. The topological polar surface area (TPSA) is 106 Å². The van der Waals surface area contributed by atoms with Gasteiger partial charge in [0.15, 0.2) is 5.69 Å². The second-order valence-corrected chi connectivity index (χ2v) is 4.61. The Hall–Kier alpha value is -2.22. The Morgan fingerprint density at radius 3 is 2.80 bits per heavy atom. The van der Waals surface area contributed by atoms with Crippen LogP contribution in [0.5, 0.6) is 6.01 Å². The highest BCUT2D eigenvalue weighted by Gasteiger charge is 2.17. The van der Waals surface area contributed by atoms with Gasteiger partial charge in [-0.3, -0.25) is 10.1 Å². The minimum atomic E-state index is -0.502. The lowest BCUT2D eigenvalue weighted by molar-refractivity contribution is 0.102. The van der Waals surface area contributed by atoms with E-state index in [1.807, 2.05) is 13.8 Å². The summed E-state index contributed by atoms with van der Waals surface area (Å²) in [5, 5.41) is 8.88. The highest BCUT2D eigenvalue weighted by molar-refractivity contribution is 6.33. The summed E-state index contributed by atoms with van der Waals surface area (Å²) in [6.07, 6.45) is 1.40. The molecule has 106 valence electrons. The number of aromatic nitrogens is 5. The van der Waals surface area contributed by atoms with Gasteiger partial charge in [-0.25, -0.2) is 15.1 Å². The van der Waals surface area contributed by atoms with E-state index < -0.39 is 5.91 Å². The van der Waals surface area contributed by atoms with Gasteiger partial charge in [0.25, 0.3) is 5.91 Å². The number of carbonyl (C=O) groups excluding carboxylic acids is 1. The molecule has 9 heteroatoms. The molecule has 0 fully saturated rings. The van der Waals surface area contributed by atoms with Crippen molar-refractivity contribution in [1.82, 2.24) is 25.1 Å². The largest absolute Gasteiger partial charge is 0.466 e. The molecule has 0 unspecified atom stereocenters. The Labute approximate surface area is 119 Å². The molecule has 0 saturated carbocycles. The van der Waals surface area contributed by atoms with Crippen LogP contribution in [0.3, 0.4) is 0 Å². The first-order chi connectivity index (χ1) is 9.51. The number of anilines is 1. The van der Waals surface area contributed by atoms with Crippen LogP contribution in [0.25, 0.3) is 0 Å².